The monoisotopic (exact) mass is 370 g/mol. The van der Waals surface area contributed by atoms with E-state index in [0.29, 0.717) is 11.1 Å². The third kappa shape index (κ3) is 2.72. The van der Waals surface area contributed by atoms with Crippen LogP contribution in [0.2, 0.25) is 0 Å². The van der Waals surface area contributed by atoms with Gasteiger partial charge < -0.3 is 0 Å². The molecule has 8 heteroatoms. The van der Waals surface area contributed by atoms with Crippen molar-refractivity contribution in [3.8, 4) is 28.5 Å². The zero-order chi connectivity index (χ0) is 18.3. The summed E-state index contributed by atoms with van der Waals surface area (Å²) in [6, 6.07) is 13.1. The van der Waals surface area contributed by atoms with Gasteiger partial charge in [0.05, 0.1) is 5.56 Å². The van der Waals surface area contributed by atoms with Gasteiger partial charge in [0.1, 0.15) is 11.8 Å². The number of nitrogens with one attached hydrogen (secondary N) is 1. The number of nitrogens with zero attached hydrogens (tertiary/aromatic N) is 3. The number of aromatic amines is 1. The van der Waals surface area contributed by atoms with Crippen molar-refractivity contribution in [2.75, 3.05) is 0 Å². The van der Waals surface area contributed by atoms with Gasteiger partial charge in [-0.2, -0.15) is 18.4 Å². The molecule has 2 aromatic heterocycles. The Morgan fingerprint density at radius 1 is 1.08 bits per heavy atom. The molecule has 4 aromatic rings. The quantitative estimate of drug-likeness (QED) is 0.524. The number of fused-ring (bicyclic) bond motifs is 1. The van der Waals surface area contributed by atoms with E-state index in [-0.39, 0.29) is 17.0 Å². The van der Waals surface area contributed by atoms with Crippen LogP contribution in [-0.4, -0.2) is 15.4 Å². The van der Waals surface area contributed by atoms with Crippen LogP contribution in [-0.2, 0) is 6.18 Å². The van der Waals surface area contributed by atoms with Crippen LogP contribution in [0, 0.1) is 11.3 Å². The molecule has 4 rings (SSSR count). The van der Waals surface area contributed by atoms with Crippen molar-refractivity contribution >= 4 is 21.4 Å². The first-order chi connectivity index (χ1) is 12.5. The number of benzene rings is 2. The summed E-state index contributed by atoms with van der Waals surface area (Å²) in [6.07, 6.45) is -4.52. The molecule has 26 heavy (non-hydrogen) atoms. The van der Waals surface area contributed by atoms with Gasteiger partial charge in [-0.3, -0.25) is 0 Å². The maximum Gasteiger partial charge on any atom is 0.416 e. The third-order valence-electron chi connectivity index (χ3n) is 3.99. The van der Waals surface area contributed by atoms with Crippen LogP contribution in [0.4, 0.5) is 13.2 Å². The van der Waals surface area contributed by atoms with Gasteiger partial charge in [-0.25, -0.2) is 5.10 Å². The van der Waals surface area contributed by atoms with Crippen LogP contribution < -0.4 is 0 Å². The summed E-state index contributed by atoms with van der Waals surface area (Å²) < 4.78 is 41.3. The van der Waals surface area contributed by atoms with E-state index < -0.39 is 11.7 Å². The lowest BCUT2D eigenvalue weighted by Crippen LogP contribution is -2.05. The van der Waals surface area contributed by atoms with Crippen LogP contribution >= 0.6 is 11.3 Å². The van der Waals surface area contributed by atoms with Gasteiger partial charge in [-0.15, -0.1) is 16.4 Å². The van der Waals surface area contributed by atoms with E-state index in [1.54, 1.807) is 6.07 Å². The first-order valence-corrected chi connectivity index (χ1v) is 8.36. The largest absolute Gasteiger partial charge is 0.416 e. The molecule has 0 saturated heterocycles. The second-order valence-electron chi connectivity index (χ2n) is 5.59. The highest BCUT2D eigenvalue weighted by Gasteiger charge is 2.32. The lowest BCUT2D eigenvalue weighted by atomic mass is 9.97. The molecular weight excluding hydrogens is 361 g/mol. The predicted octanol–water partition coefficient (Wildman–Crippen LogP) is 5.24. The summed E-state index contributed by atoms with van der Waals surface area (Å²) in [7, 11) is 0. The molecule has 0 spiro atoms. The highest BCUT2D eigenvalue weighted by Crippen LogP contribution is 2.39. The van der Waals surface area contributed by atoms with Crippen molar-refractivity contribution < 1.29 is 13.2 Å². The Bertz CT molecular complexity index is 1150. The van der Waals surface area contributed by atoms with Crippen molar-refractivity contribution in [2.45, 2.75) is 6.18 Å². The number of nitriles is 1. The molecule has 4 nitrogen and oxygen atoms in total. The molecule has 0 aliphatic carbocycles. The fourth-order valence-electron chi connectivity index (χ4n) is 2.79. The molecule has 0 saturated carbocycles. The number of hydrogen-bond acceptors (Lipinski definition) is 4. The Balaban J connectivity index is 1.98. The van der Waals surface area contributed by atoms with Crippen LogP contribution in [0.25, 0.3) is 32.5 Å². The zero-order valence-electron chi connectivity index (χ0n) is 13.0. The number of thiophene rings is 1. The van der Waals surface area contributed by atoms with E-state index in [4.69, 9.17) is 5.26 Å². The summed E-state index contributed by atoms with van der Waals surface area (Å²) >= 11 is 1.47. The summed E-state index contributed by atoms with van der Waals surface area (Å²) in [5.74, 6) is 0. The Hall–Kier alpha value is -3.18. The number of hydrogen-bond donors (Lipinski definition) is 1. The zero-order valence-corrected chi connectivity index (χ0v) is 13.8. The van der Waals surface area contributed by atoms with Gasteiger partial charge >= 0.3 is 6.18 Å². The molecule has 0 bridgehead atoms. The molecule has 0 radical (unpaired) electrons. The fourth-order valence-corrected chi connectivity index (χ4v) is 3.76. The maximum atomic E-state index is 13.4. The first-order valence-electron chi connectivity index (χ1n) is 7.48. The van der Waals surface area contributed by atoms with E-state index in [1.807, 2.05) is 35.7 Å². The van der Waals surface area contributed by atoms with E-state index in [0.717, 1.165) is 22.2 Å². The average Bonchev–Trinajstić information content (AvgIpc) is 3.27. The summed E-state index contributed by atoms with van der Waals surface area (Å²) in [4.78, 5) is 0. The summed E-state index contributed by atoms with van der Waals surface area (Å²) in [5, 5.41) is 21.5. The van der Waals surface area contributed by atoms with Gasteiger partial charge in [0.25, 0.3) is 0 Å². The van der Waals surface area contributed by atoms with Gasteiger partial charge in [-0.1, -0.05) is 23.4 Å². The number of aromatic nitrogens is 3. The maximum absolute atomic E-state index is 13.4. The van der Waals surface area contributed by atoms with Crippen molar-refractivity contribution in [3.63, 3.8) is 0 Å². The number of rotatable bonds is 2. The molecule has 1 N–H and O–H groups in total. The van der Waals surface area contributed by atoms with Crippen molar-refractivity contribution in [1.82, 2.24) is 15.4 Å². The number of H-pyrrole nitrogens is 1. The molecule has 2 aromatic carbocycles. The molecule has 0 aliphatic heterocycles. The molecule has 128 valence electrons. The lowest BCUT2D eigenvalue weighted by Gasteiger charge is -2.11. The van der Waals surface area contributed by atoms with Gasteiger partial charge in [0, 0.05) is 21.2 Å². The minimum absolute atomic E-state index is 0.0189. The smallest absolute Gasteiger partial charge is 0.247 e. The average molecular weight is 370 g/mol. The van der Waals surface area contributed by atoms with E-state index in [2.05, 4.69) is 15.4 Å². The first kappa shape index (κ1) is 16.3. The Morgan fingerprint density at radius 3 is 2.62 bits per heavy atom. The number of halogens is 3. The SMILES string of the molecule is N#Cc1[nH]nnc1-c1cc(-c2csc3ccccc23)cc(C(F)(F)F)c1. The minimum Gasteiger partial charge on any atom is -0.247 e. The number of alkyl halides is 3. The van der Waals surface area contributed by atoms with Crippen molar-refractivity contribution in [2.24, 2.45) is 0 Å². The Morgan fingerprint density at radius 2 is 1.85 bits per heavy atom. The van der Waals surface area contributed by atoms with Crippen molar-refractivity contribution in [1.29, 1.82) is 5.26 Å². The van der Waals surface area contributed by atoms with Gasteiger partial charge in [0.15, 0.2) is 5.69 Å². The molecule has 2 heterocycles. The Kier molecular flexibility index (Phi) is 3.74. The fraction of sp³-hybridized carbons (Fsp3) is 0.0556. The standard InChI is InChI=1S/C18H9F3N4S/c19-18(20,21)12-6-10(14-9-26-16-4-2-1-3-13(14)16)5-11(7-12)17-15(8-22)23-25-24-17/h1-7,9H,(H,23,24,25). The molecule has 0 aliphatic rings. The summed E-state index contributed by atoms with van der Waals surface area (Å²) in [6.45, 7) is 0. The Labute approximate surface area is 149 Å². The van der Waals surface area contributed by atoms with Crippen LogP contribution in [0.5, 0.6) is 0 Å². The van der Waals surface area contributed by atoms with Gasteiger partial charge in [-0.05, 0) is 35.2 Å². The molecule has 0 unspecified atom stereocenters. The topological polar surface area (TPSA) is 65.4 Å². The van der Waals surface area contributed by atoms with E-state index in [9.17, 15) is 13.2 Å². The summed E-state index contributed by atoms with van der Waals surface area (Å²) in [5.41, 5.74) is 0.631. The van der Waals surface area contributed by atoms with Crippen molar-refractivity contribution in [3.05, 3.63) is 59.1 Å². The van der Waals surface area contributed by atoms with E-state index in [1.165, 1.54) is 11.3 Å². The molecule has 0 atom stereocenters. The lowest BCUT2D eigenvalue weighted by molar-refractivity contribution is -0.137. The highest BCUT2D eigenvalue weighted by atomic mass is 32.1. The minimum atomic E-state index is -4.52. The van der Waals surface area contributed by atoms with Crippen LogP contribution in [0.3, 0.4) is 0 Å². The van der Waals surface area contributed by atoms with Gasteiger partial charge in [0.2, 0.25) is 0 Å². The second kappa shape index (κ2) is 5.97. The van der Waals surface area contributed by atoms with E-state index >= 15 is 0 Å². The molecule has 0 fully saturated rings. The van der Waals surface area contributed by atoms with Crippen LogP contribution in [0.15, 0.2) is 47.8 Å². The normalized spacial score (nSPS) is 11.6. The van der Waals surface area contributed by atoms with Crippen LogP contribution in [0.1, 0.15) is 11.3 Å². The second-order valence-corrected chi connectivity index (χ2v) is 6.50. The molecule has 0 amide bonds. The molecular formula is C18H9F3N4S. The third-order valence-corrected chi connectivity index (χ3v) is 4.95. The highest BCUT2D eigenvalue weighted by molar-refractivity contribution is 7.17. The predicted molar refractivity (Wildman–Crippen MR) is 92.4 cm³/mol.